The quantitative estimate of drug-likeness (QED) is 0.711. The first-order valence-corrected chi connectivity index (χ1v) is 8.49. The largest absolute Gasteiger partial charge is 0.358 e. The predicted molar refractivity (Wildman–Crippen MR) is 102 cm³/mol. The molecule has 0 aromatic heterocycles. The number of benzene rings is 2. The molecule has 0 aliphatic rings. The highest BCUT2D eigenvalue weighted by Gasteiger charge is 2.03. The van der Waals surface area contributed by atoms with Gasteiger partial charge < -0.3 is 15.5 Å². The molecule has 4 heteroatoms. The molecule has 0 saturated heterocycles. The van der Waals surface area contributed by atoms with E-state index in [1.165, 1.54) is 21.6 Å². The molecule has 0 atom stereocenters. The van der Waals surface area contributed by atoms with Gasteiger partial charge in [0.15, 0.2) is 5.11 Å². The van der Waals surface area contributed by atoms with Crippen molar-refractivity contribution in [3.05, 3.63) is 65.2 Å². The molecule has 23 heavy (non-hydrogen) atoms. The Balaban J connectivity index is 1.86. The minimum Gasteiger partial charge on any atom is -0.358 e. The number of anilines is 1. The van der Waals surface area contributed by atoms with Crippen LogP contribution in [-0.2, 0) is 19.5 Å². The fourth-order valence-corrected chi connectivity index (χ4v) is 2.66. The normalized spacial score (nSPS) is 10.6. The van der Waals surface area contributed by atoms with E-state index in [4.69, 9.17) is 12.2 Å². The molecule has 0 unspecified atom stereocenters. The second-order valence-electron chi connectivity index (χ2n) is 6.02. The van der Waals surface area contributed by atoms with E-state index in [0.717, 1.165) is 25.2 Å². The molecule has 3 nitrogen and oxygen atoms in total. The highest BCUT2D eigenvalue weighted by molar-refractivity contribution is 7.80. The van der Waals surface area contributed by atoms with Crippen molar-refractivity contribution in [3.8, 4) is 0 Å². The Labute approximate surface area is 144 Å². The van der Waals surface area contributed by atoms with Crippen LogP contribution >= 0.6 is 12.2 Å². The van der Waals surface area contributed by atoms with Gasteiger partial charge in [0.25, 0.3) is 0 Å². The van der Waals surface area contributed by atoms with Crippen LogP contribution in [0.4, 0.5) is 5.69 Å². The summed E-state index contributed by atoms with van der Waals surface area (Å²) in [6.07, 6.45) is 0.987. The molecule has 0 amide bonds. The molecule has 0 aliphatic heterocycles. The number of thiocarbonyl (C=S) groups is 1. The first-order chi connectivity index (χ1) is 11.1. The summed E-state index contributed by atoms with van der Waals surface area (Å²) < 4.78 is 0. The minimum atomic E-state index is 0.660. The SMILES string of the molecule is CCc1ccccc1NC(=S)NCc1ccc(C[NH+](C)C)cc1. The van der Waals surface area contributed by atoms with E-state index in [9.17, 15) is 0 Å². The maximum Gasteiger partial charge on any atom is 0.171 e. The van der Waals surface area contributed by atoms with Crippen molar-refractivity contribution in [1.82, 2.24) is 5.32 Å². The second-order valence-corrected chi connectivity index (χ2v) is 6.43. The van der Waals surface area contributed by atoms with Crippen molar-refractivity contribution in [2.24, 2.45) is 0 Å². The van der Waals surface area contributed by atoms with Crippen LogP contribution in [0, 0.1) is 0 Å². The van der Waals surface area contributed by atoms with Gasteiger partial charge in [0.1, 0.15) is 6.54 Å². The lowest BCUT2D eigenvalue weighted by Crippen LogP contribution is -3.04. The van der Waals surface area contributed by atoms with E-state index in [1.807, 2.05) is 6.07 Å². The van der Waals surface area contributed by atoms with Gasteiger partial charge in [0, 0.05) is 17.8 Å². The summed E-state index contributed by atoms with van der Waals surface area (Å²) in [5.74, 6) is 0. The molecule has 2 aromatic rings. The number of hydrogen-bond acceptors (Lipinski definition) is 1. The highest BCUT2D eigenvalue weighted by atomic mass is 32.1. The van der Waals surface area contributed by atoms with Crippen LogP contribution in [0.2, 0.25) is 0 Å². The zero-order valence-electron chi connectivity index (χ0n) is 14.1. The van der Waals surface area contributed by atoms with Gasteiger partial charge in [-0.2, -0.15) is 0 Å². The summed E-state index contributed by atoms with van der Waals surface area (Å²) in [7, 11) is 4.32. The van der Waals surface area contributed by atoms with Crippen LogP contribution < -0.4 is 15.5 Å². The van der Waals surface area contributed by atoms with Crippen molar-refractivity contribution >= 4 is 23.0 Å². The Morgan fingerprint density at radius 2 is 1.65 bits per heavy atom. The van der Waals surface area contributed by atoms with Gasteiger partial charge in [-0.1, -0.05) is 49.4 Å². The molecule has 0 aliphatic carbocycles. The number of nitrogens with one attached hydrogen (secondary N) is 3. The molecule has 0 spiro atoms. The van der Waals surface area contributed by atoms with Gasteiger partial charge in [-0.3, -0.25) is 0 Å². The van der Waals surface area contributed by atoms with E-state index >= 15 is 0 Å². The van der Waals surface area contributed by atoms with Gasteiger partial charge in [-0.15, -0.1) is 0 Å². The van der Waals surface area contributed by atoms with Gasteiger partial charge in [-0.05, 0) is 35.8 Å². The fraction of sp³-hybridized carbons (Fsp3) is 0.316. The summed E-state index contributed by atoms with van der Waals surface area (Å²) >= 11 is 5.40. The Bertz CT molecular complexity index is 635. The minimum absolute atomic E-state index is 0.660. The molecule has 2 rings (SSSR count). The average Bonchev–Trinajstić information content (AvgIpc) is 2.54. The van der Waals surface area contributed by atoms with Crippen molar-refractivity contribution in [2.45, 2.75) is 26.4 Å². The fourth-order valence-electron chi connectivity index (χ4n) is 2.48. The number of rotatable bonds is 6. The lowest BCUT2D eigenvalue weighted by Gasteiger charge is -2.13. The molecular formula is C19H26N3S+. The van der Waals surface area contributed by atoms with Gasteiger partial charge in [-0.25, -0.2) is 0 Å². The Hall–Kier alpha value is -1.91. The number of para-hydroxylation sites is 1. The van der Waals surface area contributed by atoms with Crippen molar-refractivity contribution in [3.63, 3.8) is 0 Å². The van der Waals surface area contributed by atoms with Crippen molar-refractivity contribution in [1.29, 1.82) is 0 Å². The van der Waals surface area contributed by atoms with E-state index in [2.05, 4.69) is 74.1 Å². The van der Waals surface area contributed by atoms with Crippen molar-refractivity contribution in [2.75, 3.05) is 19.4 Å². The molecule has 122 valence electrons. The van der Waals surface area contributed by atoms with Gasteiger partial charge in [0.2, 0.25) is 0 Å². The van der Waals surface area contributed by atoms with Crippen molar-refractivity contribution < 1.29 is 4.90 Å². The summed E-state index contributed by atoms with van der Waals surface area (Å²) in [5, 5.41) is 7.22. The Morgan fingerprint density at radius 1 is 1.00 bits per heavy atom. The van der Waals surface area contributed by atoms with Crippen LogP contribution in [0.25, 0.3) is 0 Å². The lowest BCUT2D eigenvalue weighted by molar-refractivity contribution is -0.872. The number of hydrogen-bond donors (Lipinski definition) is 3. The third-order valence-electron chi connectivity index (χ3n) is 3.68. The van der Waals surface area contributed by atoms with E-state index in [0.29, 0.717) is 5.11 Å². The zero-order chi connectivity index (χ0) is 16.7. The average molecular weight is 329 g/mol. The summed E-state index contributed by atoms with van der Waals surface area (Å²) in [6, 6.07) is 17.0. The van der Waals surface area contributed by atoms with Crippen LogP contribution in [0.1, 0.15) is 23.6 Å². The third-order valence-corrected chi connectivity index (χ3v) is 3.93. The predicted octanol–water partition coefficient (Wildman–Crippen LogP) is 2.38. The van der Waals surface area contributed by atoms with E-state index in [-0.39, 0.29) is 0 Å². The molecule has 0 radical (unpaired) electrons. The molecule has 0 saturated carbocycles. The number of aryl methyl sites for hydroxylation is 1. The van der Waals surface area contributed by atoms with Crippen LogP contribution in [-0.4, -0.2) is 19.2 Å². The molecular weight excluding hydrogens is 302 g/mol. The summed E-state index contributed by atoms with van der Waals surface area (Å²) in [6.45, 7) is 3.92. The first kappa shape index (κ1) is 17.4. The third kappa shape index (κ3) is 5.66. The topological polar surface area (TPSA) is 28.5 Å². The maximum atomic E-state index is 5.40. The second kappa shape index (κ2) is 8.65. The Kier molecular flexibility index (Phi) is 6.56. The summed E-state index contributed by atoms with van der Waals surface area (Å²) in [5.41, 5.74) is 4.94. The molecule has 0 fully saturated rings. The monoisotopic (exact) mass is 328 g/mol. The molecule has 2 aromatic carbocycles. The molecule has 3 N–H and O–H groups in total. The zero-order valence-corrected chi connectivity index (χ0v) is 15.0. The smallest absolute Gasteiger partial charge is 0.171 e. The Morgan fingerprint density at radius 3 is 2.30 bits per heavy atom. The molecule has 0 heterocycles. The molecule has 0 bridgehead atoms. The van der Waals surface area contributed by atoms with E-state index in [1.54, 1.807) is 0 Å². The van der Waals surface area contributed by atoms with Crippen LogP contribution in [0.5, 0.6) is 0 Å². The van der Waals surface area contributed by atoms with Gasteiger partial charge >= 0.3 is 0 Å². The standard InChI is InChI=1S/C19H25N3S/c1-4-17-7-5-6-8-18(17)21-19(23)20-13-15-9-11-16(12-10-15)14-22(2)3/h5-12H,4,13-14H2,1-3H3,(H2,20,21,23)/p+1. The lowest BCUT2D eigenvalue weighted by atomic mass is 10.1. The summed E-state index contributed by atoms with van der Waals surface area (Å²) in [4.78, 5) is 1.43. The van der Waals surface area contributed by atoms with Crippen LogP contribution in [0.3, 0.4) is 0 Å². The first-order valence-electron chi connectivity index (χ1n) is 8.08. The maximum absolute atomic E-state index is 5.40. The number of quaternary nitrogens is 1. The van der Waals surface area contributed by atoms with Crippen LogP contribution in [0.15, 0.2) is 48.5 Å². The highest BCUT2D eigenvalue weighted by Crippen LogP contribution is 2.15. The van der Waals surface area contributed by atoms with Gasteiger partial charge in [0.05, 0.1) is 14.1 Å². The van der Waals surface area contributed by atoms with E-state index < -0.39 is 0 Å².